The number of fused-ring (bicyclic) bond motifs is 1. The SMILES string of the molecule is CCOC(=O)c1cn(CC)c2nc(C)c(F)cc2c1=O. The Kier molecular flexibility index (Phi) is 3.83. The Balaban J connectivity index is 2.81. The van der Waals surface area contributed by atoms with E-state index in [2.05, 4.69) is 4.98 Å². The fourth-order valence-electron chi connectivity index (χ4n) is 1.97. The summed E-state index contributed by atoms with van der Waals surface area (Å²) in [6.07, 6.45) is 1.41. The van der Waals surface area contributed by atoms with Crippen molar-refractivity contribution in [2.24, 2.45) is 0 Å². The highest BCUT2D eigenvalue weighted by molar-refractivity contribution is 5.93. The second kappa shape index (κ2) is 5.40. The van der Waals surface area contributed by atoms with Gasteiger partial charge in [0, 0.05) is 12.7 Å². The number of hydrogen-bond donors (Lipinski definition) is 0. The second-order valence-corrected chi connectivity index (χ2v) is 4.31. The van der Waals surface area contributed by atoms with Crippen LogP contribution in [0.25, 0.3) is 11.0 Å². The first kappa shape index (κ1) is 14.2. The van der Waals surface area contributed by atoms with Gasteiger partial charge in [-0.05, 0) is 26.8 Å². The summed E-state index contributed by atoms with van der Waals surface area (Å²) in [6.45, 7) is 5.70. The van der Waals surface area contributed by atoms with Gasteiger partial charge >= 0.3 is 5.97 Å². The number of ether oxygens (including phenoxy) is 1. The van der Waals surface area contributed by atoms with E-state index in [0.717, 1.165) is 6.07 Å². The summed E-state index contributed by atoms with van der Waals surface area (Å²) in [7, 11) is 0. The van der Waals surface area contributed by atoms with E-state index >= 15 is 0 Å². The zero-order valence-electron chi connectivity index (χ0n) is 11.6. The van der Waals surface area contributed by atoms with Gasteiger partial charge in [0.05, 0.1) is 17.7 Å². The number of esters is 1. The van der Waals surface area contributed by atoms with Gasteiger partial charge in [-0.15, -0.1) is 0 Å². The van der Waals surface area contributed by atoms with Crippen molar-refractivity contribution >= 4 is 17.0 Å². The number of carbonyl (C=O) groups excluding carboxylic acids is 1. The molecule has 0 amide bonds. The Morgan fingerprint density at radius 1 is 1.45 bits per heavy atom. The molecule has 0 saturated heterocycles. The molecule has 0 N–H and O–H groups in total. The van der Waals surface area contributed by atoms with Crippen LogP contribution in [0.1, 0.15) is 29.9 Å². The lowest BCUT2D eigenvalue weighted by Gasteiger charge is -2.11. The Morgan fingerprint density at radius 2 is 2.15 bits per heavy atom. The molecule has 0 saturated carbocycles. The molecule has 0 aliphatic rings. The fourth-order valence-corrected chi connectivity index (χ4v) is 1.97. The third-order valence-electron chi connectivity index (χ3n) is 3.01. The average Bonchev–Trinajstić information content (AvgIpc) is 2.42. The molecule has 6 heteroatoms. The topological polar surface area (TPSA) is 61.2 Å². The van der Waals surface area contributed by atoms with Gasteiger partial charge in [-0.1, -0.05) is 0 Å². The lowest BCUT2D eigenvalue weighted by molar-refractivity contribution is 0.0524. The first-order chi connectivity index (χ1) is 9.49. The number of halogens is 1. The van der Waals surface area contributed by atoms with E-state index in [1.807, 2.05) is 6.92 Å². The third-order valence-corrected chi connectivity index (χ3v) is 3.01. The zero-order chi connectivity index (χ0) is 14.9. The van der Waals surface area contributed by atoms with Crippen LogP contribution in [-0.2, 0) is 11.3 Å². The van der Waals surface area contributed by atoms with E-state index in [-0.39, 0.29) is 23.3 Å². The molecule has 0 spiro atoms. The van der Waals surface area contributed by atoms with Gasteiger partial charge in [0.15, 0.2) is 0 Å². The minimum atomic E-state index is -0.706. The molecule has 0 radical (unpaired) electrons. The van der Waals surface area contributed by atoms with Crippen LogP contribution in [0, 0.1) is 12.7 Å². The molecule has 20 heavy (non-hydrogen) atoms. The van der Waals surface area contributed by atoms with Crippen molar-refractivity contribution < 1.29 is 13.9 Å². The molecule has 2 aromatic rings. The summed E-state index contributed by atoms with van der Waals surface area (Å²) in [5.41, 5.74) is -0.0896. The summed E-state index contributed by atoms with van der Waals surface area (Å²) in [4.78, 5) is 28.1. The van der Waals surface area contributed by atoms with Crippen LogP contribution in [0.2, 0.25) is 0 Å². The van der Waals surface area contributed by atoms with E-state index in [1.165, 1.54) is 13.1 Å². The molecule has 0 aromatic carbocycles. The smallest absolute Gasteiger partial charge is 0.343 e. The second-order valence-electron chi connectivity index (χ2n) is 4.31. The van der Waals surface area contributed by atoms with Crippen LogP contribution in [0.5, 0.6) is 0 Å². The maximum Gasteiger partial charge on any atom is 0.343 e. The Morgan fingerprint density at radius 3 is 2.75 bits per heavy atom. The molecule has 5 nitrogen and oxygen atoms in total. The van der Waals surface area contributed by atoms with E-state index in [1.54, 1.807) is 11.5 Å². The Labute approximate surface area is 115 Å². The average molecular weight is 278 g/mol. The minimum Gasteiger partial charge on any atom is -0.462 e. The molecule has 0 aliphatic heterocycles. The number of aryl methyl sites for hydroxylation is 2. The molecular formula is C14H15FN2O3. The zero-order valence-corrected chi connectivity index (χ0v) is 11.6. The highest BCUT2D eigenvalue weighted by Gasteiger charge is 2.18. The van der Waals surface area contributed by atoms with Gasteiger partial charge in [-0.3, -0.25) is 4.79 Å². The van der Waals surface area contributed by atoms with Crippen molar-refractivity contribution in [2.45, 2.75) is 27.3 Å². The lowest BCUT2D eigenvalue weighted by Crippen LogP contribution is -2.21. The summed E-state index contributed by atoms with van der Waals surface area (Å²) >= 11 is 0. The predicted octanol–water partition coefficient (Wildman–Crippen LogP) is 2.04. The van der Waals surface area contributed by atoms with Crippen LogP contribution in [0.4, 0.5) is 4.39 Å². The maximum absolute atomic E-state index is 13.6. The number of pyridine rings is 2. The van der Waals surface area contributed by atoms with E-state index in [9.17, 15) is 14.0 Å². The van der Waals surface area contributed by atoms with Gasteiger partial charge in [0.1, 0.15) is 17.0 Å². The number of carbonyl (C=O) groups is 1. The van der Waals surface area contributed by atoms with Crippen molar-refractivity contribution in [3.05, 3.63) is 39.6 Å². The molecule has 0 atom stereocenters. The van der Waals surface area contributed by atoms with Crippen LogP contribution in [-0.4, -0.2) is 22.1 Å². The first-order valence-electron chi connectivity index (χ1n) is 6.37. The van der Waals surface area contributed by atoms with Crippen molar-refractivity contribution in [1.29, 1.82) is 0 Å². The van der Waals surface area contributed by atoms with Gasteiger partial charge in [0.25, 0.3) is 0 Å². The number of nitrogens with zero attached hydrogens (tertiary/aromatic N) is 2. The van der Waals surface area contributed by atoms with E-state index in [0.29, 0.717) is 12.2 Å². The molecule has 2 aromatic heterocycles. The fraction of sp³-hybridized carbons (Fsp3) is 0.357. The highest BCUT2D eigenvalue weighted by Crippen LogP contribution is 2.14. The number of hydrogen-bond acceptors (Lipinski definition) is 4. The van der Waals surface area contributed by atoms with E-state index < -0.39 is 17.2 Å². The molecule has 0 aliphatic carbocycles. The molecule has 2 heterocycles. The lowest BCUT2D eigenvalue weighted by atomic mass is 10.1. The first-order valence-corrected chi connectivity index (χ1v) is 6.37. The summed E-state index contributed by atoms with van der Waals surface area (Å²) < 4.78 is 20.1. The Hall–Kier alpha value is -2.24. The van der Waals surface area contributed by atoms with Gasteiger partial charge < -0.3 is 9.30 Å². The molecule has 0 fully saturated rings. The minimum absolute atomic E-state index is 0.0838. The standard InChI is InChI=1S/C14H15FN2O3/c1-4-17-7-10(14(19)20-5-2)12(18)9-6-11(15)8(3)16-13(9)17/h6-7H,4-5H2,1-3H3. The molecule has 0 bridgehead atoms. The Bertz CT molecular complexity index is 737. The summed E-state index contributed by atoms with van der Waals surface area (Å²) in [5, 5.41) is 0.0838. The molecule has 2 rings (SSSR count). The number of aromatic nitrogens is 2. The normalized spacial score (nSPS) is 10.8. The largest absolute Gasteiger partial charge is 0.462 e. The quantitative estimate of drug-likeness (QED) is 0.806. The van der Waals surface area contributed by atoms with Crippen molar-refractivity contribution in [1.82, 2.24) is 9.55 Å². The van der Waals surface area contributed by atoms with Gasteiger partial charge in [-0.25, -0.2) is 14.2 Å². The number of rotatable bonds is 3. The highest BCUT2D eigenvalue weighted by atomic mass is 19.1. The van der Waals surface area contributed by atoms with Gasteiger partial charge in [0.2, 0.25) is 5.43 Å². The van der Waals surface area contributed by atoms with Crippen LogP contribution < -0.4 is 5.43 Å². The predicted molar refractivity (Wildman–Crippen MR) is 72.3 cm³/mol. The summed E-state index contributed by atoms with van der Waals surface area (Å²) in [5.74, 6) is -1.28. The van der Waals surface area contributed by atoms with Crippen molar-refractivity contribution in [3.63, 3.8) is 0 Å². The monoisotopic (exact) mass is 278 g/mol. The van der Waals surface area contributed by atoms with Gasteiger partial charge in [-0.2, -0.15) is 0 Å². The van der Waals surface area contributed by atoms with Crippen LogP contribution in [0.15, 0.2) is 17.1 Å². The van der Waals surface area contributed by atoms with Crippen LogP contribution >= 0.6 is 0 Å². The van der Waals surface area contributed by atoms with Crippen LogP contribution in [0.3, 0.4) is 0 Å². The summed E-state index contributed by atoms with van der Waals surface area (Å²) in [6, 6.07) is 1.12. The maximum atomic E-state index is 13.6. The van der Waals surface area contributed by atoms with E-state index in [4.69, 9.17) is 4.74 Å². The van der Waals surface area contributed by atoms with Crippen molar-refractivity contribution in [2.75, 3.05) is 6.61 Å². The molecule has 106 valence electrons. The molecule has 0 unspecified atom stereocenters. The van der Waals surface area contributed by atoms with Crippen molar-refractivity contribution in [3.8, 4) is 0 Å². The third kappa shape index (κ3) is 2.29. The molecular weight excluding hydrogens is 263 g/mol.